The molecule has 2 atom stereocenters. The van der Waals surface area contributed by atoms with Crippen LogP contribution in [-0.2, 0) is 4.79 Å². The molecule has 1 aromatic carbocycles. The molecule has 2 fully saturated rings. The first kappa shape index (κ1) is 16.3. The SMILES string of the molecule is COc1ccccc1[C@@H](N[C@@H]1CCC(=O)N(C)C1)C1CCCC1. The molecule has 0 bridgehead atoms. The van der Waals surface area contributed by atoms with Crippen LogP contribution in [0.25, 0.3) is 0 Å². The van der Waals surface area contributed by atoms with Gasteiger partial charge in [0.1, 0.15) is 5.75 Å². The van der Waals surface area contributed by atoms with Gasteiger partial charge in [-0.05, 0) is 31.2 Å². The Morgan fingerprint density at radius 2 is 1.96 bits per heavy atom. The molecule has 0 spiro atoms. The number of ether oxygens (including phenoxy) is 1. The van der Waals surface area contributed by atoms with Gasteiger partial charge in [0.05, 0.1) is 7.11 Å². The summed E-state index contributed by atoms with van der Waals surface area (Å²) in [6, 6.07) is 9.05. The summed E-state index contributed by atoms with van der Waals surface area (Å²) in [6.45, 7) is 0.803. The van der Waals surface area contributed by atoms with Crippen LogP contribution >= 0.6 is 0 Å². The van der Waals surface area contributed by atoms with E-state index in [0.717, 1.165) is 18.7 Å². The van der Waals surface area contributed by atoms with Crippen molar-refractivity contribution in [1.29, 1.82) is 0 Å². The number of carbonyl (C=O) groups excluding carboxylic acids is 1. The van der Waals surface area contributed by atoms with Crippen molar-refractivity contribution in [1.82, 2.24) is 10.2 Å². The summed E-state index contributed by atoms with van der Waals surface area (Å²) in [4.78, 5) is 13.6. The number of piperidine rings is 1. The molecule has 2 aliphatic rings. The van der Waals surface area contributed by atoms with Crippen molar-refractivity contribution in [2.24, 2.45) is 5.92 Å². The van der Waals surface area contributed by atoms with Crippen LogP contribution in [0.1, 0.15) is 50.1 Å². The number of hydrogen-bond donors (Lipinski definition) is 1. The molecule has 4 heteroatoms. The van der Waals surface area contributed by atoms with Gasteiger partial charge < -0.3 is 15.0 Å². The van der Waals surface area contributed by atoms with Crippen molar-refractivity contribution < 1.29 is 9.53 Å². The molecule has 3 rings (SSSR count). The number of likely N-dealkylation sites (tertiary alicyclic amines) is 1. The highest BCUT2D eigenvalue weighted by Gasteiger charge is 2.32. The van der Waals surface area contributed by atoms with E-state index < -0.39 is 0 Å². The Hall–Kier alpha value is -1.55. The molecule has 0 unspecified atom stereocenters. The zero-order chi connectivity index (χ0) is 16.2. The predicted octanol–water partition coefficient (Wildman–Crippen LogP) is 3.14. The van der Waals surface area contributed by atoms with Crippen molar-refractivity contribution >= 4 is 5.91 Å². The minimum atomic E-state index is 0.262. The Kier molecular flexibility index (Phi) is 5.21. The number of nitrogens with one attached hydrogen (secondary N) is 1. The molecule has 0 radical (unpaired) electrons. The van der Waals surface area contributed by atoms with Crippen LogP contribution in [0.2, 0.25) is 0 Å². The summed E-state index contributed by atoms with van der Waals surface area (Å²) >= 11 is 0. The minimum Gasteiger partial charge on any atom is -0.496 e. The molecule has 1 heterocycles. The third-order valence-corrected chi connectivity index (χ3v) is 5.39. The number of para-hydroxylation sites is 1. The van der Waals surface area contributed by atoms with Gasteiger partial charge in [0, 0.05) is 37.7 Å². The van der Waals surface area contributed by atoms with Crippen molar-refractivity contribution in [2.75, 3.05) is 20.7 Å². The molecular weight excluding hydrogens is 288 g/mol. The van der Waals surface area contributed by atoms with Gasteiger partial charge in [-0.1, -0.05) is 31.0 Å². The second-order valence-electron chi connectivity index (χ2n) is 6.94. The van der Waals surface area contributed by atoms with Gasteiger partial charge in [-0.2, -0.15) is 0 Å². The Bertz CT molecular complexity index is 540. The van der Waals surface area contributed by atoms with E-state index in [1.807, 2.05) is 18.0 Å². The fourth-order valence-corrected chi connectivity index (χ4v) is 4.10. The topological polar surface area (TPSA) is 41.6 Å². The number of amides is 1. The summed E-state index contributed by atoms with van der Waals surface area (Å²) in [6.07, 6.45) is 6.77. The highest BCUT2D eigenvalue weighted by atomic mass is 16.5. The number of rotatable bonds is 5. The summed E-state index contributed by atoms with van der Waals surface area (Å²) in [5.41, 5.74) is 1.27. The average molecular weight is 316 g/mol. The predicted molar refractivity (Wildman–Crippen MR) is 91.5 cm³/mol. The monoisotopic (exact) mass is 316 g/mol. The van der Waals surface area contributed by atoms with Crippen LogP contribution in [-0.4, -0.2) is 37.6 Å². The molecule has 1 saturated heterocycles. The second kappa shape index (κ2) is 7.35. The lowest BCUT2D eigenvalue weighted by atomic mass is 9.89. The number of hydrogen-bond acceptors (Lipinski definition) is 3. The zero-order valence-electron chi connectivity index (χ0n) is 14.3. The largest absolute Gasteiger partial charge is 0.496 e. The maximum atomic E-state index is 11.7. The number of likely N-dealkylation sites (N-methyl/N-ethyl adjacent to an activating group) is 1. The van der Waals surface area contributed by atoms with E-state index in [1.54, 1.807) is 7.11 Å². The highest BCUT2D eigenvalue weighted by molar-refractivity contribution is 5.76. The van der Waals surface area contributed by atoms with Crippen molar-refractivity contribution in [2.45, 2.75) is 50.6 Å². The molecule has 23 heavy (non-hydrogen) atoms. The fourth-order valence-electron chi connectivity index (χ4n) is 4.10. The Balaban J connectivity index is 1.80. The smallest absolute Gasteiger partial charge is 0.222 e. The van der Waals surface area contributed by atoms with Gasteiger partial charge in [-0.25, -0.2) is 0 Å². The van der Waals surface area contributed by atoms with Gasteiger partial charge in [0.2, 0.25) is 5.91 Å². The van der Waals surface area contributed by atoms with Crippen LogP contribution in [0.3, 0.4) is 0 Å². The lowest BCUT2D eigenvalue weighted by Gasteiger charge is -2.36. The Morgan fingerprint density at radius 1 is 1.22 bits per heavy atom. The van der Waals surface area contributed by atoms with E-state index in [1.165, 1.54) is 31.2 Å². The van der Waals surface area contributed by atoms with Crippen LogP contribution in [0, 0.1) is 5.92 Å². The summed E-state index contributed by atoms with van der Waals surface area (Å²) in [7, 11) is 3.65. The van der Waals surface area contributed by atoms with E-state index in [9.17, 15) is 4.79 Å². The quantitative estimate of drug-likeness (QED) is 0.907. The van der Waals surface area contributed by atoms with Crippen LogP contribution < -0.4 is 10.1 Å². The van der Waals surface area contributed by atoms with Crippen LogP contribution in [0.4, 0.5) is 0 Å². The van der Waals surface area contributed by atoms with Gasteiger partial charge in [-0.15, -0.1) is 0 Å². The zero-order valence-corrected chi connectivity index (χ0v) is 14.3. The minimum absolute atomic E-state index is 0.262. The van der Waals surface area contributed by atoms with Gasteiger partial charge in [0.15, 0.2) is 0 Å². The van der Waals surface area contributed by atoms with Gasteiger partial charge in [-0.3, -0.25) is 4.79 Å². The third kappa shape index (κ3) is 3.69. The molecule has 126 valence electrons. The van der Waals surface area contributed by atoms with Gasteiger partial charge >= 0.3 is 0 Å². The van der Waals surface area contributed by atoms with Crippen LogP contribution in [0.15, 0.2) is 24.3 Å². The number of methoxy groups -OCH3 is 1. The molecule has 0 aromatic heterocycles. The van der Waals surface area contributed by atoms with Crippen molar-refractivity contribution in [3.05, 3.63) is 29.8 Å². The lowest BCUT2D eigenvalue weighted by molar-refractivity contribution is -0.132. The van der Waals surface area contributed by atoms with E-state index in [4.69, 9.17) is 4.74 Å². The molecule has 4 nitrogen and oxygen atoms in total. The van der Waals surface area contributed by atoms with Crippen LogP contribution in [0.5, 0.6) is 5.75 Å². The molecular formula is C19H28N2O2. The summed E-state index contributed by atoms with van der Waals surface area (Å²) in [5.74, 6) is 1.89. The van der Waals surface area contributed by atoms with Crippen molar-refractivity contribution in [3.63, 3.8) is 0 Å². The van der Waals surface area contributed by atoms with E-state index >= 15 is 0 Å². The van der Waals surface area contributed by atoms with Crippen molar-refractivity contribution in [3.8, 4) is 5.75 Å². The molecule has 1 aromatic rings. The maximum absolute atomic E-state index is 11.7. The molecule has 1 aliphatic heterocycles. The van der Waals surface area contributed by atoms with Gasteiger partial charge in [0.25, 0.3) is 0 Å². The first-order valence-electron chi connectivity index (χ1n) is 8.82. The summed E-state index contributed by atoms with van der Waals surface area (Å²) < 4.78 is 5.61. The average Bonchev–Trinajstić information content (AvgIpc) is 3.10. The van der Waals surface area contributed by atoms with E-state index in [-0.39, 0.29) is 5.91 Å². The highest BCUT2D eigenvalue weighted by Crippen LogP contribution is 2.39. The van der Waals surface area contributed by atoms with E-state index in [2.05, 4.69) is 23.5 Å². The fraction of sp³-hybridized carbons (Fsp3) is 0.632. The Labute approximate surface area is 139 Å². The molecule has 1 N–H and O–H groups in total. The second-order valence-corrected chi connectivity index (χ2v) is 6.94. The molecule has 1 aliphatic carbocycles. The summed E-state index contributed by atoms with van der Waals surface area (Å²) in [5, 5.41) is 3.87. The normalized spacial score (nSPS) is 24.0. The standard InChI is InChI=1S/C19H28N2O2/c1-21-13-15(11-12-18(21)22)20-19(14-7-3-4-8-14)16-9-5-6-10-17(16)23-2/h5-6,9-10,14-15,19-20H,3-4,7-8,11-13H2,1-2H3/t15-,19+/m1/s1. The third-order valence-electron chi connectivity index (χ3n) is 5.39. The lowest BCUT2D eigenvalue weighted by Crippen LogP contribution is -2.48. The number of nitrogens with zero attached hydrogens (tertiary/aromatic N) is 1. The first-order valence-corrected chi connectivity index (χ1v) is 8.82. The molecule has 1 amide bonds. The van der Waals surface area contributed by atoms with E-state index in [0.29, 0.717) is 24.4 Å². The number of carbonyl (C=O) groups is 1. The maximum Gasteiger partial charge on any atom is 0.222 e. The Morgan fingerprint density at radius 3 is 2.65 bits per heavy atom. The molecule has 1 saturated carbocycles. The first-order chi connectivity index (χ1) is 11.2. The number of benzene rings is 1.